The topological polar surface area (TPSA) is 97.7 Å². The van der Waals surface area contributed by atoms with Gasteiger partial charge in [-0.3, -0.25) is 5.43 Å². The van der Waals surface area contributed by atoms with Crippen LogP contribution in [0, 0.1) is 6.92 Å². The van der Waals surface area contributed by atoms with Crippen molar-refractivity contribution in [3.63, 3.8) is 0 Å². The van der Waals surface area contributed by atoms with Crippen LogP contribution in [0.3, 0.4) is 0 Å². The minimum absolute atomic E-state index is 0.180. The van der Waals surface area contributed by atoms with Gasteiger partial charge in [-0.1, -0.05) is 29.8 Å². The number of ether oxygens (including phenoxy) is 2. The lowest BCUT2D eigenvalue weighted by molar-refractivity contribution is 0.122. The number of aromatic nitrogens is 4. The molecule has 30 heavy (non-hydrogen) atoms. The smallest absolute Gasteiger partial charge is 0.320 e. The Balaban J connectivity index is 1.51. The highest BCUT2D eigenvalue weighted by molar-refractivity contribution is 5.80. The highest BCUT2D eigenvalue weighted by Crippen LogP contribution is 2.21. The minimum Gasteiger partial charge on any atom is -0.455 e. The van der Waals surface area contributed by atoms with Gasteiger partial charge in [0.2, 0.25) is 0 Å². The number of hydrogen-bond donors (Lipinski definition) is 1. The molecule has 0 bridgehead atoms. The molecule has 9 nitrogen and oxygen atoms in total. The predicted molar refractivity (Wildman–Crippen MR) is 114 cm³/mol. The summed E-state index contributed by atoms with van der Waals surface area (Å²) in [6, 6.07) is 11.9. The van der Waals surface area contributed by atoms with Crippen LogP contribution < -0.4 is 15.1 Å². The zero-order valence-electron chi connectivity index (χ0n) is 16.7. The summed E-state index contributed by atoms with van der Waals surface area (Å²) in [5.41, 5.74) is 5.16. The van der Waals surface area contributed by atoms with Gasteiger partial charge in [0.25, 0.3) is 0 Å². The number of morpholine rings is 1. The second-order valence-corrected chi connectivity index (χ2v) is 6.73. The van der Waals surface area contributed by atoms with Crippen molar-refractivity contribution in [1.82, 2.24) is 19.9 Å². The molecule has 1 aliphatic rings. The lowest BCUT2D eigenvalue weighted by atomic mass is 10.2. The van der Waals surface area contributed by atoms with E-state index in [2.05, 4.69) is 41.4 Å². The van der Waals surface area contributed by atoms with Gasteiger partial charge < -0.3 is 14.4 Å². The second-order valence-electron chi connectivity index (χ2n) is 6.73. The Hall–Kier alpha value is -3.59. The van der Waals surface area contributed by atoms with Crippen LogP contribution in [-0.4, -0.2) is 52.5 Å². The van der Waals surface area contributed by atoms with Gasteiger partial charge in [0.05, 0.1) is 19.4 Å². The van der Waals surface area contributed by atoms with Crippen LogP contribution >= 0.6 is 0 Å². The molecule has 1 aliphatic heterocycles. The monoisotopic (exact) mass is 405 g/mol. The van der Waals surface area contributed by atoms with Crippen molar-refractivity contribution in [3.8, 4) is 6.01 Å². The molecule has 1 N–H and O–H groups in total. The van der Waals surface area contributed by atoms with Crippen LogP contribution in [0.25, 0.3) is 0 Å². The number of hydrazone groups is 1. The molecule has 4 rings (SSSR count). The van der Waals surface area contributed by atoms with E-state index in [1.54, 1.807) is 24.7 Å². The molecule has 0 amide bonds. The SMILES string of the molecule is Cc1cccc(/C=N/Nc2cc(N3CCOCC3)nc(OCc3ncccn3)n2)c1. The molecule has 0 aliphatic carbocycles. The molecule has 1 saturated heterocycles. The number of benzene rings is 1. The number of nitrogens with zero attached hydrogens (tertiary/aromatic N) is 6. The number of hydrogen-bond acceptors (Lipinski definition) is 9. The Labute approximate surface area is 174 Å². The van der Waals surface area contributed by atoms with Crippen molar-refractivity contribution in [3.05, 3.63) is 65.7 Å². The first kappa shape index (κ1) is 19.7. The second kappa shape index (κ2) is 9.75. The van der Waals surface area contributed by atoms with Gasteiger partial charge in [-0.2, -0.15) is 15.1 Å². The maximum Gasteiger partial charge on any atom is 0.320 e. The van der Waals surface area contributed by atoms with Gasteiger partial charge in [0.1, 0.15) is 5.82 Å². The minimum atomic E-state index is 0.180. The molecule has 154 valence electrons. The van der Waals surface area contributed by atoms with Crippen molar-refractivity contribution in [2.45, 2.75) is 13.5 Å². The van der Waals surface area contributed by atoms with Gasteiger partial charge in [-0.05, 0) is 18.6 Å². The van der Waals surface area contributed by atoms with E-state index in [0.717, 1.165) is 24.5 Å². The van der Waals surface area contributed by atoms with E-state index in [-0.39, 0.29) is 12.6 Å². The third kappa shape index (κ3) is 5.48. The average Bonchev–Trinajstić information content (AvgIpc) is 2.79. The Morgan fingerprint density at radius 3 is 2.77 bits per heavy atom. The van der Waals surface area contributed by atoms with Crippen LogP contribution in [0.15, 0.2) is 53.9 Å². The molecule has 1 aromatic carbocycles. The first-order chi connectivity index (χ1) is 14.8. The molecule has 3 heterocycles. The Morgan fingerprint density at radius 1 is 1.13 bits per heavy atom. The van der Waals surface area contributed by atoms with E-state index in [1.165, 1.54) is 5.56 Å². The lowest BCUT2D eigenvalue weighted by Gasteiger charge is -2.28. The molecule has 9 heteroatoms. The van der Waals surface area contributed by atoms with E-state index < -0.39 is 0 Å². The van der Waals surface area contributed by atoms with Gasteiger partial charge in [0, 0.05) is 31.5 Å². The summed E-state index contributed by atoms with van der Waals surface area (Å²) in [5.74, 6) is 1.86. The standard InChI is InChI=1S/C21H23N7O2/c1-16-4-2-5-17(12-16)14-24-27-18-13-20(28-8-10-29-11-9-28)26-21(25-18)30-15-19-22-6-3-7-23-19/h2-7,12-14H,8-11,15H2,1H3,(H,25,26,27)/b24-14+. The van der Waals surface area contributed by atoms with Crippen molar-refractivity contribution in [1.29, 1.82) is 0 Å². The fourth-order valence-electron chi connectivity index (χ4n) is 2.95. The summed E-state index contributed by atoms with van der Waals surface area (Å²) in [5, 5.41) is 4.31. The molecular formula is C21H23N7O2. The molecule has 1 fully saturated rings. The molecule has 0 saturated carbocycles. The van der Waals surface area contributed by atoms with Gasteiger partial charge in [-0.15, -0.1) is 0 Å². The van der Waals surface area contributed by atoms with E-state index >= 15 is 0 Å². The molecule has 0 unspecified atom stereocenters. The summed E-state index contributed by atoms with van der Waals surface area (Å²) in [6.07, 6.45) is 5.09. The molecular weight excluding hydrogens is 382 g/mol. The predicted octanol–water partition coefficient (Wildman–Crippen LogP) is 2.44. The van der Waals surface area contributed by atoms with Crippen molar-refractivity contribution in [2.24, 2.45) is 5.10 Å². The van der Waals surface area contributed by atoms with E-state index in [1.807, 2.05) is 31.2 Å². The zero-order chi connectivity index (χ0) is 20.6. The van der Waals surface area contributed by atoms with Crippen LogP contribution in [0.4, 0.5) is 11.6 Å². The van der Waals surface area contributed by atoms with E-state index in [9.17, 15) is 0 Å². The number of rotatable bonds is 7. The van der Waals surface area contributed by atoms with Crippen molar-refractivity contribution in [2.75, 3.05) is 36.6 Å². The number of anilines is 2. The maximum absolute atomic E-state index is 5.75. The van der Waals surface area contributed by atoms with E-state index in [4.69, 9.17) is 9.47 Å². The molecule has 0 radical (unpaired) electrons. The van der Waals surface area contributed by atoms with Gasteiger partial charge in [0.15, 0.2) is 18.2 Å². The summed E-state index contributed by atoms with van der Waals surface area (Å²) >= 11 is 0. The van der Waals surface area contributed by atoms with Crippen LogP contribution in [-0.2, 0) is 11.3 Å². The highest BCUT2D eigenvalue weighted by atomic mass is 16.5. The van der Waals surface area contributed by atoms with Gasteiger partial charge >= 0.3 is 6.01 Å². The summed E-state index contributed by atoms with van der Waals surface area (Å²) in [4.78, 5) is 19.4. The van der Waals surface area contributed by atoms with Gasteiger partial charge in [-0.25, -0.2) is 9.97 Å². The zero-order valence-corrected chi connectivity index (χ0v) is 16.7. The molecule has 0 spiro atoms. The Bertz CT molecular complexity index is 992. The van der Waals surface area contributed by atoms with Crippen molar-refractivity contribution >= 4 is 17.9 Å². The Kier molecular flexibility index (Phi) is 6.41. The third-order valence-corrected chi connectivity index (χ3v) is 4.41. The average molecular weight is 405 g/mol. The van der Waals surface area contributed by atoms with Crippen LogP contribution in [0.5, 0.6) is 6.01 Å². The fraction of sp³-hybridized carbons (Fsp3) is 0.286. The fourth-order valence-corrected chi connectivity index (χ4v) is 2.95. The maximum atomic E-state index is 5.75. The van der Waals surface area contributed by atoms with E-state index in [0.29, 0.717) is 24.9 Å². The number of nitrogens with one attached hydrogen (secondary N) is 1. The molecule has 0 atom stereocenters. The molecule has 2 aromatic heterocycles. The lowest BCUT2D eigenvalue weighted by Crippen LogP contribution is -2.36. The van der Waals surface area contributed by atoms with Crippen molar-refractivity contribution < 1.29 is 9.47 Å². The summed E-state index contributed by atoms with van der Waals surface area (Å²) < 4.78 is 11.2. The van der Waals surface area contributed by atoms with Crippen LogP contribution in [0.2, 0.25) is 0 Å². The quantitative estimate of drug-likeness (QED) is 0.473. The van der Waals surface area contributed by atoms with Crippen LogP contribution in [0.1, 0.15) is 17.0 Å². The first-order valence-corrected chi connectivity index (χ1v) is 9.72. The number of aryl methyl sites for hydroxylation is 1. The largest absolute Gasteiger partial charge is 0.455 e. The molecule has 3 aromatic rings. The highest BCUT2D eigenvalue weighted by Gasteiger charge is 2.16. The normalized spacial score (nSPS) is 14.1. The Morgan fingerprint density at radius 2 is 1.97 bits per heavy atom. The third-order valence-electron chi connectivity index (χ3n) is 4.41. The summed E-state index contributed by atoms with van der Waals surface area (Å²) in [6.45, 7) is 5.05. The first-order valence-electron chi connectivity index (χ1n) is 9.72. The summed E-state index contributed by atoms with van der Waals surface area (Å²) in [7, 11) is 0.